The molecule has 26 heavy (non-hydrogen) atoms. The predicted molar refractivity (Wildman–Crippen MR) is 97.7 cm³/mol. The molecule has 3 N–H and O–H groups in total. The van der Waals surface area contributed by atoms with E-state index >= 15 is 0 Å². The van der Waals surface area contributed by atoms with Gasteiger partial charge in [0.05, 0.1) is 0 Å². The molecular formula is C19H28N2O5. The van der Waals surface area contributed by atoms with Crippen molar-refractivity contribution in [3.8, 4) is 0 Å². The quantitative estimate of drug-likeness (QED) is 0.704. The van der Waals surface area contributed by atoms with Crippen LogP contribution in [0.15, 0.2) is 24.3 Å². The summed E-state index contributed by atoms with van der Waals surface area (Å²) < 4.78 is 0. The summed E-state index contributed by atoms with van der Waals surface area (Å²) in [5, 5.41) is 17.8. The SMILES string of the molecule is Cc1cccc(CN2CCC(C(=O)NC(C)C)CC2)c1.O=C(O)C(=O)O. The number of nitrogens with one attached hydrogen (secondary N) is 1. The molecule has 0 aliphatic carbocycles. The minimum atomic E-state index is -1.82. The zero-order valence-electron chi connectivity index (χ0n) is 15.6. The number of likely N-dealkylation sites (tertiary alicyclic amines) is 1. The molecular weight excluding hydrogens is 336 g/mol. The van der Waals surface area contributed by atoms with Gasteiger partial charge < -0.3 is 15.5 Å². The molecule has 1 aliphatic heterocycles. The Morgan fingerprint density at radius 2 is 1.73 bits per heavy atom. The number of carboxylic acids is 2. The van der Waals surface area contributed by atoms with E-state index in [1.165, 1.54) is 11.1 Å². The van der Waals surface area contributed by atoms with Crippen molar-refractivity contribution < 1.29 is 24.6 Å². The number of hydrogen-bond acceptors (Lipinski definition) is 4. The number of aryl methyl sites for hydroxylation is 1. The summed E-state index contributed by atoms with van der Waals surface area (Å²) in [4.78, 5) is 32.6. The van der Waals surface area contributed by atoms with E-state index in [4.69, 9.17) is 19.8 Å². The highest BCUT2D eigenvalue weighted by Gasteiger charge is 2.25. The summed E-state index contributed by atoms with van der Waals surface area (Å²) >= 11 is 0. The van der Waals surface area contributed by atoms with E-state index in [-0.39, 0.29) is 17.9 Å². The number of carboxylic acid groups (broad SMARTS) is 2. The zero-order chi connectivity index (χ0) is 19.7. The van der Waals surface area contributed by atoms with Gasteiger partial charge >= 0.3 is 11.9 Å². The lowest BCUT2D eigenvalue weighted by molar-refractivity contribution is -0.159. The third kappa shape index (κ3) is 8.11. The van der Waals surface area contributed by atoms with Crippen LogP contribution in [0.4, 0.5) is 0 Å². The molecule has 1 amide bonds. The molecule has 144 valence electrons. The molecule has 2 rings (SSSR count). The number of piperidine rings is 1. The van der Waals surface area contributed by atoms with Crippen LogP contribution in [0.25, 0.3) is 0 Å². The highest BCUT2D eigenvalue weighted by Crippen LogP contribution is 2.19. The second-order valence-electron chi connectivity index (χ2n) is 6.81. The van der Waals surface area contributed by atoms with Crippen molar-refractivity contribution in [2.24, 2.45) is 5.92 Å². The normalized spacial score (nSPS) is 15.1. The first-order valence-electron chi connectivity index (χ1n) is 8.73. The van der Waals surface area contributed by atoms with E-state index in [0.29, 0.717) is 0 Å². The number of carbonyl (C=O) groups is 3. The average molecular weight is 364 g/mol. The third-order valence-corrected chi connectivity index (χ3v) is 4.06. The van der Waals surface area contributed by atoms with Gasteiger partial charge in [-0.2, -0.15) is 0 Å². The van der Waals surface area contributed by atoms with Crippen molar-refractivity contribution in [2.75, 3.05) is 13.1 Å². The molecule has 1 fully saturated rings. The summed E-state index contributed by atoms with van der Waals surface area (Å²) in [7, 11) is 0. The number of aliphatic carboxylic acids is 2. The summed E-state index contributed by atoms with van der Waals surface area (Å²) in [5.41, 5.74) is 2.68. The van der Waals surface area contributed by atoms with Crippen molar-refractivity contribution in [1.82, 2.24) is 10.2 Å². The number of rotatable bonds is 4. The van der Waals surface area contributed by atoms with Gasteiger partial charge in [0.2, 0.25) is 5.91 Å². The Hall–Kier alpha value is -2.41. The number of benzene rings is 1. The van der Waals surface area contributed by atoms with Gasteiger partial charge in [-0.25, -0.2) is 9.59 Å². The minimum Gasteiger partial charge on any atom is -0.473 e. The molecule has 0 spiro atoms. The first kappa shape index (κ1) is 21.6. The van der Waals surface area contributed by atoms with E-state index < -0.39 is 11.9 Å². The topological polar surface area (TPSA) is 107 Å². The predicted octanol–water partition coefficient (Wildman–Crippen LogP) is 1.89. The first-order valence-corrected chi connectivity index (χ1v) is 8.73. The van der Waals surface area contributed by atoms with Gasteiger partial charge in [-0.05, 0) is 52.3 Å². The van der Waals surface area contributed by atoms with Crippen LogP contribution in [0.2, 0.25) is 0 Å². The van der Waals surface area contributed by atoms with Crippen molar-refractivity contribution in [3.63, 3.8) is 0 Å². The Morgan fingerprint density at radius 3 is 2.19 bits per heavy atom. The molecule has 0 atom stereocenters. The van der Waals surface area contributed by atoms with Crippen molar-refractivity contribution in [2.45, 2.75) is 46.2 Å². The van der Waals surface area contributed by atoms with Gasteiger partial charge in [-0.3, -0.25) is 9.69 Å². The maximum Gasteiger partial charge on any atom is 0.414 e. The molecule has 0 bridgehead atoms. The molecule has 1 heterocycles. The Morgan fingerprint density at radius 1 is 1.15 bits per heavy atom. The van der Waals surface area contributed by atoms with E-state index in [0.717, 1.165) is 32.5 Å². The molecule has 1 aromatic rings. The second-order valence-corrected chi connectivity index (χ2v) is 6.81. The molecule has 7 heteroatoms. The van der Waals surface area contributed by atoms with Crippen LogP contribution in [-0.4, -0.2) is 52.1 Å². The Labute approximate surface area is 154 Å². The fourth-order valence-corrected chi connectivity index (χ4v) is 2.82. The average Bonchev–Trinajstić information content (AvgIpc) is 2.55. The van der Waals surface area contributed by atoms with Gasteiger partial charge in [0, 0.05) is 18.5 Å². The molecule has 0 unspecified atom stereocenters. The fourth-order valence-electron chi connectivity index (χ4n) is 2.82. The first-order chi connectivity index (χ1) is 12.2. The number of carbonyl (C=O) groups excluding carboxylic acids is 1. The van der Waals surface area contributed by atoms with Crippen LogP contribution in [-0.2, 0) is 20.9 Å². The van der Waals surface area contributed by atoms with E-state index in [1.54, 1.807) is 0 Å². The lowest BCUT2D eigenvalue weighted by atomic mass is 9.95. The molecule has 1 aromatic carbocycles. The smallest absolute Gasteiger partial charge is 0.414 e. The second kappa shape index (κ2) is 10.6. The summed E-state index contributed by atoms with van der Waals surface area (Å²) in [6.45, 7) is 9.20. The van der Waals surface area contributed by atoms with Crippen LogP contribution < -0.4 is 5.32 Å². The molecule has 0 saturated carbocycles. The number of amides is 1. The maximum absolute atomic E-state index is 12.0. The van der Waals surface area contributed by atoms with E-state index in [2.05, 4.69) is 41.4 Å². The molecule has 7 nitrogen and oxygen atoms in total. The highest BCUT2D eigenvalue weighted by atomic mass is 16.4. The van der Waals surface area contributed by atoms with Crippen molar-refractivity contribution >= 4 is 17.8 Å². The summed E-state index contributed by atoms with van der Waals surface area (Å²) in [5.74, 6) is -3.22. The van der Waals surface area contributed by atoms with Gasteiger partial charge in [-0.15, -0.1) is 0 Å². The maximum atomic E-state index is 12.0. The lowest BCUT2D eigenvalue weighted by Crippen LogP contribution is -2.42. The third-order valence-electron chi connectivity index (χ3n) is 4.06. The monoisotopic (exact) mass is 364 g/mol. The van der Waals surface area contributed by atoms with Crippen molar-refractivity contribution in [3.05, 3.63) is 35.4 Å². The van der Waals surface area contributed by atoms with E-state index in [1.807, 2.05) is 13.8 Å². The fraction of sp³-hybridized carbons (Fsp3) is 0.526. The highest BCUT2D eigenvalue weighted by molar-refractivity contribution is 6.27. The van der Waals surface area contributed by atoms with Gasteiger partial charge in [0.1, 0.15) is 0 Å². The van der Waals surface area contributed by atoms with Gasteiger partial charge in [0.15, 0.2) is 0 Å². The molecule has 0 aromatic heterocycles. The minimum absolute atomic E-state index is 0.200. The van der Waals surface area contributed by atoms with Gasteiger partial charge in [0.25, 0.3) is 0 Å². The van der Waals surface area contributed by atoms with Crippen LogP contribution in [0.1, 0.15) is 37.8 Å². The number of nitrogens with zero attached hydrogens (tertiary/aromatic N) is 1. The summed E-state index contributed by atoms with van der Waals surface area (Å²) in [6, 6.07) is 8.93. The van der Waals surface area contributed by atoms with Crippen LogP contribution in [0.3, 0.4) is 0 Å². The Kier molecular flexibility index (Phi) is 8.78. The van der Waals surface area contributed by atoms with Crippen LogP contribution >= 0.6 is 0 Å². The largest absolute Gasteiger partial charge is 0.473 e. The molecule has 1 saturated heterocycles. The van der Waals surface area contributed by atoms with Crippen LogP contribution in [0.5, 0.6) is 0 Å². The number of hydrogen-bond donors (Lipinski definition) is 3. The standard InChI is InChI=1S/C17H26N2O.C2H2O4/c1-13(2)18-17(20)16-7-9-19(10-8-16)12-15-6-4-5-14(3)11-15;3-1(4)2(5)6/h4-6,11,13,16H,7-10,12H2,1-3H3,(H,18,20);(H,3,4)(H,5,6). The lowest BCUT2D eigenvalue weighted by Gasteiger charge is -2.31. The van der Waals surface area contributed by atoms with Gasteiger partial charge in [-0.1, -0.05) is 29.8 Å². The molecule has 1 aliphatic rings. The van der Waals surface area contributed by atoms with Crippen LogP contribution in [0, 0.1) is 12.8 Å². The Bertz CT molecular complexity index is 610. The molecule has 0 radical (unpaired) electrons. The zero-order valence-corrected chi connectivity index (χ0v) is 15.6. The van der Waals surface area contributed by atoms with E-state index in [9.17, 15) is 4.79 Å². The summed E-state index contributed by atoms with van der Waals surface area (Å²) in [6.07, 6.45) is 1.95. The Balaban J connectivity index is 0.000000487. The van der Waals surface area contributed by atoms with Crippen molar-refractivity contribution in [1.29, 1.82) is 0 Å².